The van der Waals surface area contributed by atoms with Crippen molar-refractivity contribution in [2.45, 2.75) is 95.2 Å². The summed E-state index contributed by atoms with van der Waals surface area (Å²) in [5, 5.41) is 58.2. The summed E-state index contributed by atoms with van der Waals surface area (Å²) < 4.78 is 24.1. The van der Waals surface area contributed by atoms with Crippen LogP contribution in [0.3, 0.4) is 0 Å². The molecular weight excluding hydrogens is 815 g/mol. The van der Waals surface area contributed by atoms with Crippen molar-refractivity contribution in [1.29, 1.82) is 0 Å². The number of allylic oxidation sites excluding steroid dienone is 1. The standard InChI is InChI=1S/C47H51N3O13/c1-25-18-26(2)20-29(19-25)40-39-28(14-16-48-39)22-50(40)63-44-43(55)42(54)37(24-60-46(58)38(45(56)57)35(15-17-51)49-30-6-4-3-5-7-30)62-47(44)61-32-12-13-33-36(21-32)59-23-34(41(33)53)27-8-10-31(52)11-9-27/h8-14,16,18-21,23,30,35,37-38,42-44,47,49,51-52,54-55H,3-7,15,17,22,24H2,1-2H3,(H,56,57). The highest BCUT2D eigenvalue weighted by Gasteiger charge is 2.50. The summed E-state index contributed by atoms with van der Waals surface area (Å²) in [6.45, 7) is 3.15. The Morgan fingerprint density at radius 1 is 0.968 bits per heavy atom. The molecule has 0 radical (unpaired) electrons. The number of aromatic hydroxyl groups is 1. The average Bonchev–Trinajstić information content (AvgIpc) is 3.85. The van der Waals surface area contributed by atoms with Gasteiger partial charge in [-0.05, 0) is 81.1 Å². The highest BCUT2D eigenvalue weighted by molar-refractivity contribution is 5.95. The van der Waals surface area contributed by atoms with Gasteiger partial charge in [-0.25, -0.2) is 5.06 Å². The highest BCUT2D eigenvalue weighted by Crippen LogP contribution is 2.40. The molecule has 7 atom stereocenters. The summed E-state index contributed by atoms with van der Waals surface area (Å²) in [6, 6.07) is 15.7. The minimum atomic E-state index is -1.72. The predicted molar refractivity (Wildman–Crippen MR) is 229 cm³/mol. The number of rotatable bonds is 15. The van der Waals surface area contributed by atoms with Crippen LogP contribution in [0.1, 0.15) is 55.2 Å². The van der Waals surface area contributed by atoms with Gasteiger partial charge in [0, 0.05) is 42.1 Å². The summed E-state index contributed by atoms with van der Waals surface area (Å²) >= 11 is 0. The molecule has 0 amide bonds. The van der Waals surface area contributed by atoms with Crippen molar-refractivity contribution < 1.29 is 58.6 Å². The smallest absolute Gasteiger partial charge is 0.322 e. The van der Waals surface area contributed by atoms with E-state index in [4.69, 9.17) is 23.5 Å². The van der Waals surface area contributed by atoms with Crippen LogP contribution in [-0.4, -0.2) is 111 Å². The Kier molecular flexibility index (Phi) is 13.1. The predicted octanol–water partition coefficient (Wildman–Crippen LogP) is 4.52. The van der Waals surface area contributed by atoms with Crippen LogP contribution in [0.15, 0.2) is 98.5 Å². The van der Waals surface area contributed by atoms with Crippen LogP contribution in [0.2, 0.25) is 0 Å². The van der Waals surface area contributed by atoms with Crippen LogP contribution in [-0.2, 0) is 23.9 Å². The largest absolute Gasteiger partial charge is 0.508 e. The molecule has 6 N–H and O–H groups in total. The summed E-state index contributed by atoms with van der Waals surface area (Å²) in [5.41, 5.74) is 5.62. The van der Waals surface area contributed by atoms with E-state index in [1.54, 1.807) is 23.4 Å². The molecule has 8 rings (SSSR count). The van der Waals surface area contributed by atoms with Gasteiger partial charge in [0.25, 0.3) is 0 Å². The van der Waals surface area contributed by atoms with Crippen molar-refractivity contribution in [3.05, 3.63) is 111 Å². The number of aliphatic hydroxyl groups excluding tert-OH is 3. The van der Waals surface area contributed by atoms with Crippen LogP contribution in [0.5, 0.6) is 11.5 Å². The van der Waals surface area contributed by atoms with Crippen LogP contribution in [0.25, 0.3) is 27.8 Å². The number of phenols is 1. The maximum atomic E-state index is 13.6. The molecular formula is C47H51N3O13. The fraction of sp³-hybridized carbons (Fsp3) is 0.404. The van der Waals surface area contributed by atoms with Gasteiger partial charge in [-0.15, -0.1) is 0 Å². The quantitative estimate of drug-likeness (QED) is 0.0713. The van der Waals surface area contributed by atoms with E-state index in [1.807, 2.05) is 38.1 Å². The second-order valence-electron chi connectivity index (χ2n) is 16.5. The zero-order chi connectivity index (χ0) is 44.4. The summed E-state index contributed by atoms with van der Waals surface area (Å²) in [6.07, 6.45) is 1.67. The van der Waals surface area contributed by atoms with Gasteiger partial charge in [-0.3, -0.25) is 24.2 Å². The van der Waals surface area contributed by atoms with Gasteiger partial charge in [-0.2, -0.15) is 0 Å². The Bertz CT molecular complexity index is 2470. The Labute approximate surface area is 362 Å². The number of carboxylic acid groups (broad SMARTS) is 1. The molecule has 0 bridgehead atoms. The summed E-state index contributed by atoms with van der Waals surface area (Å²) in [7, 11) is 0. The molecule has 2 fully saturated rings. The number of fused-ring (bicyclic) bond motifs is 2. The highest BCUT2D eigenvalue weighted by atomic mass is 16.8. The molecule has 332 valence electrons. The first-order valence-corrected chi connectivity index (χ1v) is 21.2. The fourth-order valence-corrected chi connectivity index (χ4v) is 8.84. The minimum Gasteiger partial charge on any atom is -0.508 e. The molecule has 1 saturated carbocycles. The number of aliphatic carboxylic acids is 1. The number of hydrogen-bond acceptors (Lipinski definition) is 15. The third kappa shape index (κ3) is 9.42. The van der Waals surface area contributed by atoms with Crippen LogP contribution < -0.4 is 15.5 Å². The summed E-state index contributed by atoms with van der Waals surface area (Å²) in [4.78, 5) is 50.8. The van der Waals surface area contributed by atoms with Gasteiger partial charge in [0.05, 0.1) is 28.9 Å². The topological polar surface area (TPSA) is 230 Å². The molecule has 0 spiro atoms. The van der Waals surface area contributed by atoms with Gasteiger partial charge in [-0.1, -0.05) is 48.6 Å². The number of hydrogen-bond donors (Lipinski definition) is 6. The number of nitrogens with zero attached hydrogens (tertiary/aromatic N) is 2. The number of carbonyl (C=O) groups is 2. The number of hydroxylamine groups is 2. The number of phenolic OH excluding ortho intramolecular Hbond substituents is 1. The lowest BCUT2D eigenvalue weighted by atomic mass is 9.91. The number of carboxylic acids is 1. The number of ether oxygens (including phenoxy) is 3. The van der Waals surface area contributed by atoms with E-state index in [-0.39, 0.29) is 59.1 Å². The molecule has 3 aliphatic heterocycles. The number of benzene rings is 3. The Morgan fingerprint density at radius 2 is 1.71 bits per heavy atom. The number of nitrogens with one attached hydrogen (secondary N) is 1. The van der Waals surface area contributed by atoms with E-state index in [9.17, 15) is 39.9 Å². The van der Waals surface area contributed by atoms with Gasteiger partial charge < -0.3 is 49.5 Å². The monoisotopic (exact) mass is 865 g/mol. The molecule has 16 nitrogen and oxygen atoms in total. The Hall–Kier alpha value is -5.88. The third-order valence-corrected chi connectivity index (χ3v) is 11.9. The van der Waals surface area contributed by atoms with Gasteiger partial charge in [0.1, 0.15) is 48.3 Å². The lowest BCUT2D eigenvalue weighted by molar-refractivity contribution is -0.323. The van der Waals surface area contributed by atoms with E-state index in [2.05, 4.69) is 10.3 Å². The van der Waals surface area contributed by atoms with Crippen molar-refractivity contribution in [3.8, 4) is 22.6 Å². The molecule has 3 aromatic carbocycles. The summed E-state index contributed by atoms with van der Waals surface area (Å²) in [5.74, 6) is -4.05. The van der Waals surface area contributed by atoms with E-state index in [1.165, 1.54) is 36.6 Å². The Balaban J connectivity index is 1.07. The van der Waals surface area contributed by atoms with E-state index in [0.29, 0.717) is 17.0 Å². The first-order valence-electron chi connectivity index (χ1n) is 21.2. The molecule has 1 saturated heterocycles. The number of aliphatic imine (C=N–C) groups is 1. The van der Waals surface area contributed by atoms with Crippen molar-refractivity contribution in [2.75, 3.05) is 19.8 Å². The van der Waals surface area contributed by atoms with Crippen molar-refractivity contribution in [1.82, 2.24) is 10.4 Å². The van der Waals surface area contributed by atoms with Crippen LogP contribution in [0, 0.1) is 19.8 Å². The normalized spacial score (nSPS) is 23.4. The molecule has 1 aromatic heterocycles. The third-order valence-electron chi connectivity index (χ3n) is 11.9. The fourth-order valence-electron chi connectivity index (χ4n) is 8.84. The van der Waals surface area contributed by atoms with E-state index in [0.717, 1.165) is 54.4 Å². The van der Waals surface area contributed by atoms with Gasteiger partial charge >= 0.3 is 11.9 Å². The molecule has 16 heteroatoms. The maximum absolute atomic E-state index is 13.6. The van der Waals surface area contributed by atoms with Crippen LogP contribution in [0.4, 0.5) is 0 Å². The van der Waals surface area contributed by atoms with Crippen molar-refractivity contribution in [2.24, 2.45) is 10.9 Å². The van der Waals surface area contributed by atoms with Crippen LogP contribution >= 0.6 is 0 Å². The SMILES string of the molecule is Cc1cc(C)cc(C2=C3N=CC=C3CN2OC2C(Oc3ccc4c(=O)c(-c5ccc(O)cc5)coc4c3)OC(COC(=O)C(C(=O)O)C(CCO)NC3CCCCC3)C(O)C2O)c1. The number of carbonyl (C=O) groups excluding carboxylic acids is 1. The maximum Gasteiger partial charge on any atom is 0.322 e. The first-order chi connectivity index (χ1) is 30.4. The van der Waals surface area contributed by atoms with Gasteiger partial charge in [0.2, 0.25) is 6.29 Å². The number of aryl methyl sites for hydroxylation is 2. The number of esters is 1. The van der Waals surface area contributed by atoms with Crippen molar-refractivity contribution >= 4 is 34.8 Å². The first kappa shape index (κ1) is 43.8. The average molecular weight is 866 g/mol. The second kappa shape index (κ2) is 18.8. The van der Waals surface area contributed by atoms with Crippen molar-refractivity contribution in [3.63, 3.8) is 0 Å². The van der Waals surface area contributed by atoms with E-state index >= 15 is 0 Å². The number of aliphatic hydroxyl groups is 3. The molecule has 4 heterocycles. The lowest BCUT2D eigenvalue weighted by Crippen LogP contribution is -2.62. The zero-order valence-electron chi connectivity index (χ0n) is 34.9. The Morgan fingerprint density at radius 3 is 2.43 bits per heavy atom. The molecule has 63 heavy (non-hydrogen) atoms. The molecule has 4 aromatic rings. The minimum absolute atomic E-state index is 0.0122. The van der Waals surface area contributed by atoms with Gasteiger partial charge in [0.15, 0.2) is 17.5 Å². The molecule has 7 unspecified atom stereocenters. The zero-order valence-corrected chi connectivity index (χ0v) is 34.9. The second-order valence-corrected chi connectivity index (χ2v) is 16.5. The molecule has 4 aliphatic rings. The molecule has 1 aliphatic carbocycles. The lowest BCUT2D eigenvalue weighted by Gasteiger charge is -2.43. The van der Waals surface area contributed by atoms with E-state index < -0.39 is 61.2 Å².